The minimum atomic E-state index is -1.03. The van der Waals surface area contributed by atoms with E-state index < -0.39 is 5.97 Å². The monoisotopic (exact) mass is 489 g/mol. The number of piperidine rings is 1. The van der Waals surface area contributed by atoms with Gasteiger partial charge in [-0.2, -0.15) is 4.98 Å². The summed E-state index contributed by atoms with van der Waals surface area (Å²) in [5.74, 6) is -0.489. The van der Waals surface area contributed by atoms with Gasteiger partial charge in [-0.25, -0.2) is 9.18 Å². The number of nitrogens with zero attached hydrogens (tertiary/aromatic N) is 2. The molecule has 0 amide bonds. The predicted molar refractivity (Wildman–Crippen MR) is 136 cm³/mol. The zero-order valence-electron chi connectivity index (χ0n) is 20.0. The summed E-state index contributed by atoms with van der Waals surface area (Å²) in [7, 11) is 0. The maximum absolute atomic E-state index is 13.3. The fourth-order valence-corrected chi connectivity index (χ4v) is 4.66. The number of aromatic nitrogens is 1. The molecule has 8 heteroatoms. The van der Waals surface area contributed by atoms with Crippen LogP contribution in [0.2, 0.25) is 0 Å². The van der Waals surface area contributed by atoms with Crippen LogP contribution in [0.3, 0.4) is 0 Å². The minimum Gasteiger partial charge on any atom is -0.493 e. The van der Waals surface area contributed by atoms with E-state index in [-0.39, 0.29) is 17.4 Å². The quantitative estimate of drug-likeness (QED) is 0.323. The number of nitrogens with one attached hydrogen (secondary N) is 1. The molecule has 0 spiro atoms. The van der Waals surface area contributed by atoms with Crippen LogP contribution in [-0.2, 0) is 6.54 Å². The number of benzene rings is 3. The van der Waals surface area contributed by atoms with Gasteiger partial charge in [0.15, 0.2) is 5.58 Å². The van der Waals surface area contributed by atoms with Crippen molar-refractivity contribution < 1.29 is 23.4 Å². The largest absolute Gasteiger partial charge is 0.493 e. The molecule has 186 valence electrons. The van der Waals surface area contributed by atoms with Gasteiger partial charge < -0.3 is 19.6 Å². The SMILES string of the molecule is CCOc1cc(CN2CCC(Nc3nc4cccc(C(=O)O)c4o3)CC2)ccc1-c1ccc(F)cc1. The Bertz CT molecular complexity index is 1360. The van der Waals surface area contributed by atoms with Gasteiger partial charge in [0.25, 0.3) is 6.01 Å². The molecule has 36 heavy (non-hydrogen) atoms. The Balaban J connectivity index is 1.21. The molecule has 1 saturated heterocycles. The van der Waals surface area contributed by atoms with Gasteiger partial charge in [-0.05, 0) is 61.2 Å². The van der Waals surface area contributed by atoms with Crippen LogP contribution in [0.15, 0.2) is 65.1 Å². The number of hydrogen-bond acceptors (Lipinski definition) is 6. The summed E-state index contributed by atoms with van der Waals surface area (Å²) in [6.45, 7) is 5.13. The summed E-state index contributed by atoms with van der Waals surface area (Å²) >= 11 is 0. The second-order valence-electron chi connectivity index (χ2n) is 8.94. The predicted octanol–water partition coefficient (Wildman–Crippen LogP) is 5.81. The van der Waals surface area contributed by atoms with Gasteiger partial charge in [0.05, 0.1) is 6.61 Å². The maximum Gasteiger partial charge on any atom is 0.339 e. The number of para-hydroxylation sites is 1. The van der Waals surface area contributed by atoms with Crippen LogP contribution < -0.4 is 10.1 Å². The van der Waals surface area contributed by atoms with Gasteiger partial charge in [0.2, 0.25) is 0 Å². The highest BCUT2D eigenvalue weighted by Crippen LogP contribution is 2.32. The summed E-state index contributed by atoms with van der Waals surface area (Å²) < 4.78 is 25.0. The van der Waals surface area contributed by atoms with E-state index in [9.17, 15) is 14.3 Å². The molecule has 1 aromatic heterocycles. The van der Waals surface area contributed by atoms with Gasteiger partial charge in [0, 0.05) is 31.2 Å². The highest BCUT2D eigenvalue weighted by atomic mass is 19.1. The Morgan fingerprint density at radius 1 is 1.17 bits per heavy atom. The Morgan fingerprint density at radius 3 is 2.67 bits per heavy atom. The number of halogens is 1. The van der Waals surface area contributed by atoms with Gasteiger partial charge in [-0.15, -0.1) is 0 Å². The number of carboxylic acid groups (broad SMARTS) is 1. The Kier molecular flexibility index (Phi) is 6.86. The molecule has 7 nitrogen and oxygen atoms in total. The molecule has 0 unspecified atom stereocenters. The number of rotatable bonds is 8. The zero-order valence-corrected chi connectivity index (χ0v) is 20.0. The normalized spacial score (nSPS) is 14.7. The van der Waals surface area contributed by atoms with Crippen LogP contribution >= 0.6 is 0 Å². The smallest absolute Gasteiger partial charge is 0.339 e. The second-order valence-corrected chi connectivity index (χ2v) is 8.94. The van der Waals surface area contributed by atoms with Crippen molar-refractivity contribution in [1.29, 1.82) is 0 Å². The Hall–Kier alpha value is -3.91. The number of anilines is 1. The van der Waals surface area contributed by atoms with Gasteiger partial charge >= 0.3 is 5.97 Å². The molecule has 0 radical (unpaired) electrons. The fraction of sp³-hybridized carbons (Fsp3) is 0.286. The summed E-state index contributed by atoms with van der Waals surface area (Å²) in [5, 5.41) is 12.7. The third kappa shape index (κ3) is 5.18. The third-order valence-electron chi connectivity index (χ3n) is 6.47. The number of carbonyl (C=O) groups is 1. The molecule has 0 atom stereocenters. The fourth-order valence-electron chi connectivity index (χ4n) is 4.66. The molecule has 0 saturated carbocycles. The molecule has 0 bridgehead atoms. The van der Waals surface area contributed by atoms with E-state index in [4.69, 9.17) is 9.15 Å². The lowest BCUT2D eigenvalue weighted by atomic mass is 10.0. The molecule has 5 rings (SSSR count). The number of fused-ring (bicyclic) bond motifs is 1. The van der Waals surface area contributed by atoms with E-state index in [1.807, 2.05) is 13.0 Å². The van der Waals surface area contributed by atoms with E-state index in [0.29, 0.717) is 23.7 Å². The molecule has 0 aliphatic carbocycles. The summed E-state index contributed by atoms with van der Waals surface area (Å²) in [5.41, 5.74) is 3.97. The van der Waals surface area contributed by atoms with Gasteiger partial charge in [-0.1, -0.05) is 30.3 Å². The van der Waals surface area contributed by atoms with Crippen molar-refractivity contribution >= 4 is 23.1 Å². The summed E-state index contributed by atoms with van der Waals surface area (Å²) in [4.78, 5) is 18.2. The standard InChI is InChI=1S/C28H28FN3O4/c1-2-35-25-16-18(6-11-22(25)19-7-9-20(29)10-8-19)17-32-14-12-21(13-15-32)30-28-31-24-5-3-4-23(27(33)34)26(24)36-28/h3-11,16,21H,2,12-15,17H2,1H3,(H,30,31)(H,33,34). The lowest BCUT2D eigenvalue weighted by Gasteiger charge is -2.32. The number of oxazole rings is 1. The molecule has 1 fully saturated rings. The zero-order chi connectivity index (χ0) is 25.1. The highest BCUT2D eigenvalue weighted by molar-refractivity contribution is 6.00. The first-order chi connectivity index (χ1) is 17.5. The van der Waals surface area contributed by atoms with E-state index in [0.717, 1.165) is 54.9 Å². The number of ether oxygens (including phenoxy) is 1. The molecule has 4 aromatic rings. The molecule has 2 N–H and O–H groups in total. The Labute approximate surface area is 208 Å². The van der Waals surface area contributed by atoms with Crippen molar-refractivity contribution in [3.8, 4) is 16.9 Å². The minimum absolute atomic E-state index is 0.111. The van der Waals surface area contributed by atoms with E-state index in [1.54, 1.807) is 24.3 Å². The van der Waals surface area contributed by atoms with Crippen LogP contribution in [0.5, 0.6) is 5.75 Å². The lowest BCUT2D eigenvalue weighted by molar-refractivity contribution is 0.0698. The molecule has 1 aliphatic heterocycles. The first-order valence-electron chi connectivity index (χ1n) is 12.1. The molecular formula is C28H28FN3O4. The summed E-state index contributed by atoms with van der Waals surface area (Å²) in [6.07, 6.45) is 1.83. The van der Waals surface area contributed by atoms with E-state index in [2.05, 4.69) is 27.3 Å². The molecule has 2 heterocycles. The first-order valence-corrected chi connectivity index (χ1v) is 12.1. The van der Waals surface area contributed by atoms with E-state index in [1.165, 1.54) is 18.2 Å². The number of carboxylic acids is 1. The second kappa shape index (κ2) is 10.4. The van der Waals surface area contributed by atoms with Crippen molar-refractivity contribution in [3.63, 3.8) is 0 Å². The average Bonchev–Trinajstić information content (AvgIpc) is 3.29. The Morgan fingerprint density at radius 2 is 1.94 bits per heavy atom. The first kappa shape index (κ1) is 23.8. The van der Waals surface area contributed by atoms with E-state index >= 15 is 0 Å². The van der Waals surface area contributed by atoms with Crippen molar-refractivity contribution in [2.45, 2.75) is 32.4 Å². The molecule has 3 aromatic carbocycles. The lowest BCUT2D eigenvalue weighted by Crippen LogP contribution is -2.38. The number of likely N-dealkylation sites (tertiary alicyclic amines) is 1. The molecular weight excluding hydrogens is 461 g/mol. The van der Waals surface area contributed by atoms with Crippen LogP contribution in [0.4, 0.5) is 10.4 Å². The van der Waals surface area contributed by atoms with Crippen LogP contribution in [0, 0.1) is 5.82 Å². The average molecular weight is 490 g/mol. The number of aromatic carboxylic acids is 1. The van der Waals surface area contributed by atoms with Crippen LogP contribution in [-0.4, -0.2) is 46.7 Å². The van der Waals surface area contributed by atoms with Gasteiger partial charge in [-0.3, -0.25) is 4.90 Å². The highest BCUT2D eigenvalue weighted by Gasteiger charge is 2.22. The third-order valence-corrected chi connectivity index (χ3v) is 6.47. The molecule has 1 aliphatic rings. The van der Waals surface area contributed by atoms with Crippen molar-refractivity contribution in [1.82, 2.24) is 9.88 Å². The van der Waals surface area contributed by atoms with Crippen molar-refractivity contribution in [3.05, 3.63) is 77.6 Å². The maximum atomic E-state index is 13.3. The van der Waals surface area contributed by atoms with Crippen molar-refractivity contribution in [2.75, 3.05) is 25.0 Å². The van der Waals surface area contributed by atoms with Crippen molar-refractivity contribution in [2.24, 2.45) is 0 Å². The van der Waals surface area contributed by atoms with Gasteiger partial charge in [0.1, 0.15) is 22.6 Å². The summed E-state index contributed by atoms with van der Waals surface area (Å²) in [6, 6.07) is 18.2. The topological polar surface area (TPSA) is 87.8 Å². The van der Waals surface area contributed by atoms with Crippen LogP contribution in [0.25, 0.3) is 22.2 Å². The number of hydrogen-bond donors (Lipinski definition) is 2. The van der Waals surface area contributed by atoms with Crippen LogP contribution in [0.1, 0.15) is 35.7 Å².